The molecule has 0 aliphatic rings. The van der Waals surface area contributed by atoms with Gasteiger partial charge in [-0.3, -0.25) is 0 Å². The second-order valence-electron chi connectivity index (χ2n) is 2.95. The fourth-order valence-electron chi connectivity index (χ4n) is 0.968. The predicted molar refractivity (Wildman–Crippen MR) is 47.2 cm³/mol. The van der Waals surface area contributed by atoms with E-state index in [0.717, 1.165) is 6.07 Å². The summed E-state index contributed by atoms with van der Waals surface area (Å²) in [4.78, 5) is 0. The minimum absolute atomic E-state index is 0.214. The molecule has 1 N–H and O–H groups in total. The van der Waals surface area contributed by atoms with Crippen molar-refractivity contribution < 1.29 is 18.3 Å². The molecule has 1 aromatic carbocycles. The van der Waals surface area contributed by atoms with Crippen molar-refractivity contribution in [2.75, 3.05) is 0 Å². The topological polar surface area (TPSA) is 20.2 Å². The number of aliphatic hydroxyl groups is 1. The van der Waals surface area contributed by atoms with Crippen LogP contribution in [0.15, 0.2) is 18.2 Å². The average Bonchev–Trinajstić information content (AvgIpc) is 2.07. The summed E-state index contributed by atoms with van der Waals surface area (Å²) < 4.78 is 36.2. The fraction of sp³-hybridized carbons (Fsp3) is 0.333. The molecule has 1 aromatic rings. The Kier molecular flexibility index (Phi) is 3.07. The lowest BCUT2D eigenvalue weighted by atomic mass is 10.1. The predicted octanol–water partition coefficient (Wildman–Crippen LogP) is 3.24. The van der Waals surface area contributed by atoms with Gasteiger partial charge in [0.15, 0.2) is 6.10 Å². The van der Waals surface area contributed by atoms with E-state index >= 15 is 0 Å². The van der Waals surface area contributed by atoms with Crippen LogP contribution in [0.2, 0.25) is 5.02 Å². The number of aliphatic hydroxyl groups excluding tert-OH is 1. The van der Waals surface area contributed by atoms with Crippen LogP contribution >= 0.6 is 11.6 Å². The van der Waals surface area contributed by atoms with Crippen molar-refractivity contribution in [3.05, 3.63) is 34.3 Å². The van der Waals surface area contributed by atoms with E-state index in [1.165, 1.54) is 12.1 Å². The number of benzene rings is 1. The largest absolute Gasteiger partial charge is 0.418 e. The van der Waals surface area contributed by atoms with E-state index in [4.69, 9.17) is 16.7 Å². The zero-order chi connectivity index (χ0) is 10.9. The van der Waals surface area contributed by atoms with Gasteiger partial charge in [-0.2, -0.15) is 13.2 Å². The molecule has 14 heavy (non-hydrogen) atoms. The maximum absolute atomic E-state index is 12.1. The molecule has 0 heterocycles. The Balaban J connectivity index is 3.03. The van der Waals surface area contributed by atoms with Crippen molar-refractivity contribution in [3.8, 4) is 0 Å². The van der Waals surface area contributed by atoms with Gasteiger partial charge in [-0.15, -0.1) is 0 Å². The van der Waals surface area contributed by atoms with E-state index < -0.39 is 12.3 Å². The van der Waals surface area contributed by atoms with Crippen molar-refractivity contribution >= 4 is 11.6 Å². The first-order valence-electron chi connectivity index (χ1n) is 3.83. The Morgan fingerprint density at radius 1 is 1.36 bits per heavy atom. The molecule has 5 heteroatoms. The van der Waals surface area contributed by atoms with Crippen LogP contribution < -0.4 is 0 Å². The Hall–Kier alpha value is -0.740. The van der Waals surface area contributed by atoms with E-state index in [0.29, 0.717) is 5.56 Å². The van der Waals surface area contributed by atoms with Gasteiger partial charge >= 0.3 is 6.18 Å². The highest BCUT2D eigenvalue weighted by Crippen LogP contribution is 2.33. The number of halogens is 4. The molecule has 0 radical (unpaired) electrons. The van der Waals surface area contributed by atoms with E-state index in [9.17, 15) is 13.2 Å². The molecular formula is C9H8ClF3O. The number of rotatable bonds is 1. The zero-order valence-electron chi connectivity index (χ0n) is 7.27. The molecule has 0 saturated heterocycles. The van der Waals surface area contributed by atoms with Gasteiger partial charge in [-0.1, -0.05) is 23.7 Å². The van der Waals surface area contributed by atoms with Crippen LogP contribution in [0.4, 0.5) is 13.2 Å². The SMILES string of the molecule is Cc1ccc([C@H](O)C(F)(F)F)cc1Cl. The van der Waals surface area contributed by atoms with Gasteiger partial charge in [0.05, 0.1) is 0 Å². The fourth-order valence-corrected chi connectivity index (χ4v) is 1.16. The Morgan fingerprint density at radius 3 is 2.36 bits per heavy atom. The van der Waals surface area contributed by atoms with Gasteiger partial charge < -0.3 is 5.11 Å². The average molecular weight is 225 g/mol. The lowest BCUT2D eigenvalue weighted by Gasteiger charge is -2.15. The van der Waals surface area contributed by atoms with Crippen LogP contribution in [0.25, 0.3) is 0 Å². The summed E-state index contributed by atoms with van der Waals surface area (Å²) in [6.45, 7) is 1.67. The highest BCUT2D eigenvalue weighted by molar-refractivity contribution is 6.31. The second-order valence-corrected chi connectivity index (χ2v) is 3.36. The number of alkyl halides is 3. The maximum atomic E-state index is 12.1. The molecule has 1 rings (SSSR count). The molecule has 0 aliphatic carbocycles. The van der Waals surface area contributed by atoms with E-state index in [1.807, 2.05) is 0 Å². The third-order valence-electron chi connectivity index (χ3n) is 1.82. The van der Waals surface area contributed by atoms with E-state index in [-0.39, 0.29) is 10.6 Å². The first kappa shape index (κ1) is 11.3. The summed E-state index contributed by atoms with van der Waals surface area (Å²) >= 11 is 5.63. The van der Waals surface area contributed by atoms with Gasteiger partial charge in [-0.05, 0) is 24.1 Å². The Morgan fingerprint density at radius 2 is 1.93 bits per heavy atom. The van der Waals surface area contributed by atoms with Crippen molar-refractivity contribution in [1.82, 2.24) is 0 Å². The quantitative estimate of drug-likeness (QED) is 0.777. The lowest BCUT2D eigenvalue weighted by molar-refractivity contribution is -0.206. The van der Waals surface area contributed by atoms with Crippen LogP contribution in [0, 0.1) is 6.92 Å². The lowest BCUT2D eigenvalue weighted by Crippen LogP contribution is -2.20. The van der Waals surface area contributed by atoms with Crippen molar-refractivity contribution in [3.63, 3.8) is 0 Å². The molecule has 0 fully saturated rings. The third-order valence-corrected chi connectivity index (χ3v) is 2.23. The molecule has 0 bridgehead atoms. The molecule has 0 saturated carbocycles. The van der Waals surface area contributed by atoms with E-state index in [2.05, 4.69) is 0 Å². The van der Waals surface area contributed by atoms with Crippen LogP contribution in [0.5, 0.6) is 0 Å². The Labute approximate surface area is 84.1 Å². The highest BCUT2D eigenvalue weighted by Gasteiger charge is 2.39. The minimum atomic E-state index is -4.65. The second kappa shape index (κ2) is 3.79. The highest BCUT2D eigenvalue weighted by atomic mass is 35.5. The maximum Gasteiger partial charge on any atom is 0.418 e. The van der Waals surface area contributed by atoms with Gasteiger partial charge in [0.2, 0.25) is 0 Å². The van der Waals surface area contributed by atoms with Crippen molar-refractivity contribution in [1.29, 1.82) is 0 Å². The van der Waals surface area contributed by atoms with Gasteiger partial charge in [0.1, 0.15) is 0 Å². The summed E-state index contributed by atoms with van der Waals surface area (Å²) in [6.07, 6.45) is -7.13. The van der Waals surface area contributed by atoms with Gasteiger partial charge in [0, 0.05) is 5.02 Å². The van der Waals surface area contributed by atoms with Crippen LogP contribution in [0.3, 0.4) is 0 Å². The minimum Gasteiger partial charge on any atom is -0.379 e. The number of hydrogen-bond acceptors (Lipinski definition) is 1. The Bertz CT molecular complexity index is 335. The monoisotopic (exact) mass is 224 g/mol. The van der Waals surface area contributed by atoms with Crippen LogP contribution in [-0.4, -0.2) is 11.3 Å². The summed E-state index contributed by atoms with van der Waals surface area (Å²) in [6, 6.07) is 3.76. The molecule has 0 aromatic heterocycles. The molecule has 0 amide bonds. The van der Waals surface area contributed by atoms with Crippen molar-refractivity contribution in [2.24, 2.45) is 0 Å². The molecule has 78 valence electrons. The number of hydrogen-bond donors (Lipinski definition) is 1. The molecule has 1 nitrogen and oxygen atoms in total. The molecule has 1 atom stereocenters. The molecule has 0 spiro atoms. The summed E-state index contributed by atoms with van der Waals surface area (Å²) in [7, 11) is 0. The zero-order valence-corrected chi connectivity index (χ0v) is 8.02. The van der Waals surface area contributed by atoms with Crippen LogP contribution in [-0.2, 0) is 0 Å². The van der Waals surface area contributed by atoms with Crippen LogP contribution in [0.1, 0.15) is 17.2 Å². The van der Waals surface area contributed by atoms with E-state index in [1.54, 1.807) is 6.92 Å². The molecular weight excluding hydrogens is 217 g/mol. The molecule has 0 unspecified atom stereocenters. The summed E-state index contributed by atoms with van der Waals surface area (Å²) in [5.74, 6) is 0. The van der Waals surface area contributed by atoms with Gasteiger partial charge in [0.25, 0.3) is 0 Å². The normalized spacial score (nSPS) is 14.1. The first-order chi connectivity index (χ1) is 6.32. The number of aryl methyl sites for hydroxylation is 1. The summed E-state index contributed by atoms with van der Waals surface area (Å²) in [5.41, 5.74) is 0.429. The smallest absolute Gasteiger partial charge is 0.379 e. The standard InChI is InChI=1S/C9H8ClF3O/c1-5-2-3-6(4-7(5)10)8(14)9(11,12)13/h2-4,8,14H,1H3/t8-/m0/s1. The summed E-state index contributed by atoms with van der Waals surface area (Å²) in [5, 5.41) is 9.10. The van der Waals surface area contributed by atoms with Crippen molar-refractivity contribution in [2.45, 2.75) is 19.2 Å². The molecule has 0 aliphatic heterocycles. The van der Waals surface area contributed by atoms with Gasteiger partial charge in [-0.25, -0.2) is 0 Å². The third kappa shape index (κ3) is 2.39. The first-order valence-corrected chi connectivity index (χ1v) is 4.21.